The van der Waals surface area contributed by atoms with Gasteiger partial charge in [-0.3, -0.25) is 0 Å². The average molecular weight is 456 g/mol. The van der Waals surface area contributed by atoms with E-state index in [1.807, 2.05) is 17.0 Å². The van der Waals surface area contributed by atoms with Gasteiger partial charge in [0.15, 0.2) is 17.1 Å². The lowest BCUT2D eigenvalue weighted by atomic mass is 10.0. The number of rotatable bonds is 7. The van der Waals surface area contributed by atoms with E-state index in [0.29, 0.717) is 42.6 Å². The molecule has 0 spiro atoms. The maximum Gasteiger partial charge on any atom is 0.321 e. The number of hydrogen-bond donors (Lipinski definition) is 1. The van der Waals surface area contributed by atoms with Crippen LogP contribution in [0.4, 0.5) is 10.5 Å². The van der Waals surface area contributed by atoms with Gasteiger partial charge in [-0.2, -0.15) is 0 Å². The van der Waals surface area contributed by atoms with Crippen LogP contribution in [0.3, 0.4) is 0 Å². The molecule has 4 rings (SSSR count). The Hall–Kier alpha value is -3.53. The molecule has 1 N–H and O–H groups in total. The van der Waals surface area contributed by atoms with Gasteiger partial charge in [0, 0.05) is 44.6 Å². The molecule has 1 aliphatic rings. The number of pyridine rings is 1. The Balaban J connectivity index is 1.46. The number of benzene rings is 1. The van der Waals surface area contributed by atoms with Crippen molar-refractivity contribution in [3.05, 3.63) is 36.3 Å². The van der Waals surface area contributed by atoms with Crippen molar-refractivity contribution in [3.63, 3.8) is 0 Å². The van der Waals surface area contributed by atoms with Gasteiger partial charge in [0.05, 0.1) is 27.0 Å². The van der Waals surface area contributed by atoms with Crippen LogP contribution in [0.25, 0.3) is 11.2 Å². The number of fused-ring (bicyclic) bond motifs is 1. The van der Waals surface area contributed by atoms with Crippen molar-refractivity contribution >= 4 is 22.9 Å². The first-order chi connectivity index (χ1) is 16.1. The van der Waals surface area contributed by atoms with E-state index in [1.165, 1.54) is 0 Å². The third-order valence-corrected chi connectivity index (χ3v) is 5.83. The number of hydrogen-bond acceptors (Lipinski definition) is 7. The van der Waals surface area contributed by atoms with Crippen molar-refractivity contribution in [3.8, 4) is 17.2 Å². The number of urea groups is 1. The lowest BCUT2D eigenvalue weighted by Gasteiger charge is -2.33. The van der Waals surface area contributed by atoms with E-state index in [9.17, 15) is 4.79 Å². The largest absolute Gasteiger partial charge is 0.493 e. The molecule has 0 radical (unpaired) electrons. The molecule has 1 saturated heterocycles. The highest BCUT2D eigenvalue weighted by Gasteiger charge is 2.27. The van der Waals surface area contributed by atoms with Gasteiger partial charge < -0.3 is 33.7 Å². The molecule has 0 bridgehead atoms. The Kier molecular flexibility index (Phi) is 6.83. The van der Waals surface area contributed by atoms with Gasteiger partial charge in [-0.05, 0) is 25.0 Å². The minimum Gasteiger partial charge on any atom is -0.493 e. The summed E-state index contributed by atoms with van der Waals surface area (Å²) in [5, 5.41) is 2.94. The second-order valence-electron chi connectivity index (χ2n) is 7.74. The number of nitrogens with one attached hydrogen (secondary N) is 1. The molecule has 3 aromatic rings. The minimum atomic E-state index is -0.173. The Morgan fingerprint density at radius 3 is 2.39 bits per heavy atom. The number of carbonyl (C=O) groups is 1. The van der Waals surface area contributed by atoms with Crippen molar-refractivity contribution in [2.45, 2.75) is 25.5 Å². The Bertz CT molecular complexity index is 1100. The molecule has 10 nitrogen and oxygen atoms in total. The fourth-order valence-electron chi connectivity index (χ4n) is 4.27. The van der Waals surface area contributed by atoms with Crippen molar-refractivity contribution in [2.75, 3.05) is 46.8 Å². The van der Waals surface area contributed by atoms with Gasteiger partial charge >= 0.3 is 6.03 Å². The fraction of sp³-hybridized carbons (Fsp3) is 0.435. The van der Waals surface area contributed by atoms with Crippen LogP contribution in [0.2, 0.25) is 0 Å². The molecule has 3 heterocycles. The number of imidazole rings is 1. The molecule has 0 atom stereocenters. The molecule has 1 fully saturated rings. The number of nitrogens with zero attached hydrogens (tertiary/aromatic N) is 4. The van der Waals surface area contributed by atoms with E-state index in [0.717, 1.165) is 29.8 Å². The van der Waals surface area contributed by atoms with Crippen LogP contribution in [0.1, 0.15) is 24.7 Å². The lowest BCUT2D eigenvalue weighted by Crippen LogP contribution is -2.41. The Morgan fingerprint density at radius 1 is 1.09 bits per heavy atom. The summed E-state index contributed by atoms with van der Waals surface area (Å²) in [6.07, 6.45) is 3.36. The molecule has 0 saturated carbocycles. The van der Waals surface area contributed by atoms with Crippen molar-refractivity contribution < 1.29 is 23.7 Å². The highest BCUT2D eigenvalue weighted by Crippen LogP contribution is 2.40. The summed E-state index contributed by atoms with van der Waals surface area (Å²) < 4.78 is 23.6. The number of anilines is 1. The molecule has 33 heavy (non-hydrogen) atoms. The Labute approximate surface area is 192 Å². The number of ether oxygens (including phenoxy) is 4. The second kappa shape index (κ2) is 9.95. The van der Waals surface area contributed by atoms with Crippen molar-refractivity contribution in [1.29, 1.82) is 0 Å². The molecular weight excluding hydrogens is 426 g/mol. The number of amides is 2. The summed E-state index contributed by atoms with van der Waals surface area (Å²) in [5.74, 6) is 2.30. The molecule has 176 valence electrons. The van der Waals surface area contributed by atoms with Crippen LogP contribution in [-0.4, -0.2) is 67.0 Å². The minimum absolute atomic E-state index is 0.173. The van der Waals surface area contributed by atoms with Gasteiger partial charge in [0.25, 0.3) is 0 Å². The summed E-state index contributed by atoms with van der Waals surface area (Å²) in [7, 11) is 6.29. The summed E-state index contributed by atoms with van der Waals surface area (Å²) in [5.41, 5.74) is 2.28. The predicted octanol–water partition coefficient (Wildman–Crippen LogP) is 3.47. The summed E-state index contributed by atoms with van der Waals surface area (Å²) in [4.78, 5) is 24.0. The standard InChI is InChI=1S/C23H29N5O5/c1-30-14-20-26-17-6-5-9-24-22(17)28(20)16-7-10-27(11-8-16)23(29)25-15-12-18(31-2)21(33-4)19(13-15)32-3/h5-6,9,12-13,16H,7-8,10-11,14H2,1-4H3,(H,25,29). The summed E-state index contributed by atoms with van der Waals surface area (Å²) in [6.45, 7) is 1.64. The van der Waals surface area contributed by atoms with Gasteiger partial charge in [-0.15, -0.1) is 0 Å². The normalized spacial score (nSPS) is 14.4. The highest BCUT2D eigenvalue weighted by atomic mass is 16.5. The smallest absolute Gasteiger partial charge is 0.321 e. The molecule has 1 aromatic carbocycles. The number of piperidine rings is 1. The average Bonchev–Trinajstić information content (AvgIpc) is 3.21. The van der Waals surface area contributed by atoms with Crippen LogP contribution in [0, 0.1) is 0 Å². The topological polar surface area (TPSA) is 100.0 Å². The van der Waals surface area contributed by atoms with Gasteiger partial charge in [-0.25, -0.2) is 14.8 Å². The first-order valence-electron chi connectivity index (χ1n) is 10.8. The quantitative estimate of drug-likeness (QED) is 0.582. The van der Waals surface area contributed by atoms with Gasteiger partial charge in [-0.1, -0.05) is 0 Å². The number of carbonyl (C=O) groups excluding carboxylic acids is 1. The maximum atomic E-state index is 12.9. The zero-order valence-corrected chi connectivity index (χ0v) is 19.3. The number of aromatic nitrogens is 3. The molecule has 2 amide bonds. The summed E-state index contributed by atoms with van der Waals surface area (Å²) in [6, 6.07) is 7.29. The SMILES string of the molecule is COCc1nc2cccnc2n1C1CCN(C(=O)Nc2cc(OC)c(OC)c(OC)c2)CC1. The molecular formula is C23H29N5O5. The maximum absolute atomic E-state index is 12.9. The molecule has 1 aliphatic heterocycles. The van der Waals surface area contributed by atoms with E-state index < -0.39 is 0 Å². The number of likely N-dealkylation sites (tertiary alicyclic amines) is 1. The summed E-state index contributed by atoms with van der Waals surface area (Å²) >= 11 is 0. The first-order valence-corrected chi connectivity index (χ1v) is 10.8. The van der Waals surface area contributed by atoms with Crippen LogP contribution in [-0.2, 0) is 11.3 Å². The van der Waals surface area contributed by atoms with E-state index in [1.54, 1.807) is 46.8 Å². The fourth-order valence-corrected chi connectivity index (χ4v) is 4.27. The van der Waals surface area contributed by atoms with Crippen LogP contribution < -0.4 is 19.5 Å². The third kappa shape index (κ3) is 4.51. The lowest BCUT2D eigenvalue weighted by molar-refractivity contribution is 0.162. The van der Waals surface area contributed by atoms with Crippen molar-refractivity contribution in [1.82, 2.24) is 19.4 Å². The van der Waals surface area contributed by atoms with E-state index >= 15 is 0 Å². The second-order valence-corrected chi connectivity index (χ2v) is 7.74. The molecule has 0 unspecified atom stereocenters. The van der Waals surface area contributed by atoms with Crippen LogP contribution >= 0.6 is 0 Å². The number of methoxy groups -OCH3 is 4. The first kappa shape index (κ1) is 22.7. The third-order valence-electron chi connectivity index (χ3n) is 5.83. The van der Waals surface area contributed by atoms with E-state index in [4.69, 9.17) is 18.9 Å². The molecule has 0 aliphatic carbocycles. The monoisotopic (exact) mass is 455 g/mol. The van der Waals surface area contributed by atoms with Gasteiger partial charge in [0.2, 0.25) is 5.75 Å². The van der Waals surface area contributed by atoms with Gasteiger partial charge in [0.1, 0.15) is 17.9 Å². The zero-order chi connectivity index (χ0) is 23.4. The van der Waals surface area contributed by atoms with E-state index in [2.05, 4.69) is 19.9 Å². The van der Waals surface area contributed by atoms with E-state index in [-0.39, 0.29) is 12.1 Å². The zero-order valence-electron chi connectivity index (χ0n) is 19.3. The van der Waals surface area contributed by atoms with Crippen molar-refractivity contribution in [2.24, 2.45) is 0 Å². The van der Waals surface area contributed by atoms with Crippen LogP contribution in [0.5, 0.6) is 17.2 Å². The molecule has 10 heteroatoms. The van der Waals surface area contributed by atoms with Crippen LogP contribution in [0.15, 0.2) is 30.5 Å². The Morgan fingerprint density at radius 2 is 1.79 bits per heavy atom. The predicted molar refractivity (Wildman–Crippen MR) is 123 cm³/mol. The molecule has 2 aromatic heterocycles. The highest BCUT2D eigenvalue weighted by molar-refractivity contribution is 5.90.